The van der Waals surface area contributed by atoms with Crippen LogP contribution in [0.3, 0.4) is 0 Å². The number of rotatable bonds is 10. The Kier molecular flexibility index (Phi) is 9.52. The topological polar surface area (TPSA) is 77.6 Å². The standard InChI is InChI=1S/C44H36N4O3/c1-3-51-44(50)36-22-26-39(27-23-36)48-41(33-15-9-5-10-16-33)29-37(42(48)34-17-11-6-12-18-34)30-45-46-43(49)35-20-24-38(25-21-35)47-31(2)19-28-40(47)32-13-7-4-8-14-32/h4-30H,3H2,1-2H3,(H,46,49). The minimum absolute atomic E-state index is 0.308. The van der Waals surface area contributed by atoms with E-state index in [1.165, 1.54) is 0 Å². The number of aryl methyl sites for hydroxylation is 1. The van der Waals surface area contributed by atoms with E-state index in [2.05, 4.69) is 69.0 Å². The number of hydrazone groups is 1. The Morgan fingerprint density at radius 1 is 0.627 bits per heavy atom. The van der Waals surface area contributed by atoms with Crippen LogP contribution >= 0.6 is 0 Å². The van der Waals surface area contributed by atoms with Gasteiger partial charge in [-0.25, -0.2) is 10.2 Å². The van der Waals surface area contributed by atoms with Crippen molar-refractivity contribution in [1.82, 2.24) is 14.6 Å². The summed E-state index contributed by atoms with van der Waals surface area (Å²) in [5, 5.41) is 4.44. The van der Waals surface area contributed by atoms with E-state index < -0.39 is 0 Å². The third kappa shape index (κ3) is 6.91. The molecule has 0 aliphatic heterocycles. The van der Waals surface area contributed by atoms with E-state index in [0.29, 0.717) is 17.7 Å². The third-order valence-corrected chi connectivity index (χ3v) is 8.69. The number of carbonyl (C=O) groups excluding carboxylic acids is 2. The number of carbonyl (C=O) groups is 2. The predicted octanol–water partition coefficient (Wildman–Crippen LogP) is 9.52. The van der Waals surface area contributed by atoms with E-state index in [1.807, 2.05) is 103 Å². The molecule has 0 unspecified atom stereocenters. The van der Waals surface area contributed by atoms with Gasteiger partial charge in [0.05, 0.1) is 35.5 Å². The van der Waals surface area contributed by atoms with Gasteiger partial charge in [0.15, 0.2) is 0 Å². The molecule has 7 heteroatoms. The van der Waals surface area contributed by atoms with Gasteiger partial charge in [-0.3, -0.25) is 4.79 Å². The van der Waals surface area contributed by atoms with Crippen molar-refractivity contribution < 1.29 is 14.3 Å². The molecule has 2 aromatic heterocycles. The van der Waals surface area contributed by atoms with E-state index in [-0.39, 0.29) is 11.9 Å². The Balaban J connectivity index is 1.21. The summed E-state index contributed by atoms with van der Waals surface area (Å²) in [7, 11) is 0. The van der Waals surface area contributed by atoms with Crippen LogP contribution in [0.4, 0.5) is 0 Å². The van der Waals surface area contributed by atoms with Crippen LogP contribution in [0.5, 0.6) is 0 Å². The monoisotopic (exact) mass is 668 g/mol. The van der Waals surface area contributed by atoms with Crippen LogP contribution in [0.2, 0.25) is 0 Å². The molecule has 51 heavy (non-hydrogen) atoms. The smallest absolute Gasteiger partial charge is 0.338 e. The fourth-order valence-corrected chi connectivity index (χ4v) is 6.27. The van der Waals surface area contributed by atoms with Gasteiger partial charge in [-0.05, 0) is 97.3 Å². The molecule has 0 radical (unpaired) electrons. The molecule has 0 aliphatic rings. The summed E-state index contributed by atoms with van der Waals surface area (Å²) < 4.78 is 9.54. The van der Waals surface area contributed by atoms with Crippen molar-refractivity contribution in [2.75, 3.05) is 6.61 Å². The maximum atomic E-state index is 13.3. The Bertz CT molecular complexity index is 2300. The van der Waals surface area contributed by atoms with E-state index >= 15 is 0 Å². The fourth-order valence-electron chi connectivity index (χ4n) is 6.27. The highest BCUT2D eigenvalue weighted by Gasteiger charge is 2.20. The van der Waals surface area contributed by atoms with Gasteiger partial charge in [0, 0.05) is 28.2 Å². The molecule has 0 bridgehead atoms. The van der Waals surface area contributed by atoms with Gasteiger partial charge in [0.1, 0.15) is 0 Å². The number of nitrogens with zero attached hydrogens (tertiary/aromatic N) is 3. The maximum Gasteiger partial charge on any atom is 0.338 e. The molecule has 250 valence electrons. The van der Waals surface area contributed by atoms with Crippen LogP contribution in [-0.4, -0.2) is 33.8 Å². The fraction of sp³-hybridized carbons (Fsp3) is 0.0682. The minimum Gasteiger partial charge on any atom is -0.462 e. The average molecular weight is 669 g/mol. The number of hydrogen-bond acceptors (Lipinski definition) is 4. The average Bonchev–Trinajstić information content (AvgIpc) is 3.77. The molecule has 7 rings (SSSR count). The molecule has 7 aromatic rings. The minimum atomic E-state index is -0.363. The van der Waals surface area contributed by atoms with Crippen molar-refractivity contribution in [2.24, 2.45) is 5.10 Å². The maximum absolute atomic E-state index is 13.3. The Morgan fingerprint density at radius 2 is 1.16 bits per heavy atom. The Morgan fingerprint density at radius 3 is 1.75 bits per heavy atom. The number of ether oxygens (including phenoxy) is 1. The number of aromatic nitrogens is 2. The van der Waals surface area contributed by atoms with Crippen LogP contribution in [0.25, 0.3) is 45.1 Å². The molecule has 0 aliphatic carbocycles. The van der Waals surface area contributed by atoms with Crippen molar-refractivity contribution in [3.05, 3.63) is 180 Å². The van der Waals surface area contributed by atoms with Gasteiger partial charge in [-0.2, -0.15) is 5.10 Å². The first-order valence-corrected chi connectivity index (χ1v) is 16.8. The molecule has 1 N–H and O–H groups in total. The van der Waals surface area contributed by atoms with E-state index in [0.717, 1.165) is 56.4 Å². The first kappa shape index (κ1) is 32.8. The van der Waals surface area contributed by atoms with Crippen LogP contribution in [0, 0.1) is 6.92 Å². The highest BCUT2D eigenvalue weighted by atomic mass is 16.5. The number of nitrogens with one attached hydrogen (secondary N) is 1. The summed E-state index contributed by atoms with van der Waals surface area (Å²) in [4.78, 5) is 25.7. The second-order valence-electron chi connectivity index (χ2n) is 12.0. The predicted molar refractivity (Wildman–Crippen MR) is 204 cm³/mol. The van der Waals surface area contributed by atoms with Gasteiger partial charge >= 0.3 is 5.97 Å². The number of esters is 1. The molecule has 0 atom stereocenters. The lowest BCUT2D eigenvalue weighted by Crippen LogP contribution is -2.17. The quantitative estimate of drug-likeness (QED) is 0.0896. The molecule has 0 fully saturated rings. The van der Waals surface area contributed by atoms with Crippen molar-refractivity contribution in [1.29, 1.82) is 0 Å². The van der Waals surface area contributed by atoms with Gasteiger partial charge in [-0.1, -0.05) is 91.0 Å². The van der Waals surface area contributed by atoms with E-state index in [1.54, 1.807) is 25.3 Å². The summed E-state index contributed by atoms with van der Waals surface area (Å²) in [6, 6.07) is 51.5. The third-order valence-electron chi connectivity index (χ3n) is 8.69. The molecule has 1 amide bonds. The summed E-state index contributed by atoms with van der Waals surface area (Å²) in [6.07, 6.45) is 1.68. The first-order chi connectivity index (χ1) is 25.0. The Labute approximate surface area is 297 Å². The summed E-state index contributed by atoms with van der Waals surface area (Å²) >= 11 is 0. The number of hydrogen-bond donors (Lipinski definition) is 1. The highest BCUT2D eigenvalue weighted by Crippen LogP contribution is 2.35. The van der Waals surface area contributed by atoms with Crippen molar-refractivity contribution >= 4 is 18.1 Å². The van der Waals surface area contributed by atoms with Gasteiger partial charge in [0.2, 0.25) is 0 Å². The summed E-state index contributed by atoms with van der Waals surface area (Å²) in [5.41, 5.74) is 13.4. The zero-order valence-corrected chi connectivity index (χ0v) is 28.4. The van der Waals surface area contributed by atoms with E-state index in [9.17, 15) is 9.59 Å². The number of amides is 1. The van der Waals surface area contributed by atoms with Crippen LogP contribution in [0.1, 0.15) is 38.9 Å². The molecule has 0 saturated heterocycles. The largest absolute Gasteiger partial charge is 0.462 e. The molecule has 5 aromatic carbocycles. The molecule has 0 spiro atoms. The van der Waals surface area contributed by atoms with Crippen molar-refractivity contribution in [3.63, 3.8) is 0 Å². The van der Waals surface area contributed by atoms with Gasteiger partial charge in [-0.15, -0.1) is 0 Å². The van der Waals surface area contributed by atoms with Crippen LogP contribution in [0.15, 0.2) is 163 Å². The highest BCUT2D eigenvalue weighted by molar-refractivity contribution is 5.97. The Hall–Kier alpha value is -6.73. The second-order valence-corrected chi connectivity index (χ2v) is 12.0. The normalized spacial score (nSPS) is 11.1. The lowest BCUT2D eigenvalue weighted by atomic mass is 10.1. The molecular formula is C44H36N4O3. The molecule has 0 saturated carbocycles. The van der Waals surface area contributed by atoms with Gasteiger partial charge in [0.25, 0.3) is 5.91 Å². The SMILES string of the molecule is CCOC(=O)c1ccc(-n2c(-c3ccccc3)cc(C=NNC(=O)c3ccc(-n4c(C)ccc4-c4ccccc4)cc3)c2-c2ccccc2)cc1. The zero-order valence-electron chi connectivity index (χ0n) is 28.4. The summed E-state index contributed by atoms with van der Waals surface area (Å²) in [6.45, 7) is 4.17. The van der Waals surface area contributed by atoms with Crippen molar-refractivity contribution in [3.8, 4) is 45.1 Å². The lowest BCUT2D eigenvalue weighted by Gasteiger charge is -2.15. The zero-order chi connectivity index (χ0) is 35.2. The number of benzene rings is 5. The van der Waals surface area contributed by atoms with Crippen LogP contribution in [-0.2, 0) is 4.74 Å². The lowest BCUT2D eigenvalue weighted by molar-refractivity contribution is 0.0526. The second kappa shape index (κ2) is 14.8. The van der Waals surface area contributed by atoms with E-state index in [4.69, 9.17) is 4.74 Å². The van der Waals surface area contributed by atoms with Gasteiger partial charge < -0.3 is 13.9 Å². The molecule has 2 heterocycles. The van der Waals surface area contributed by atoms with Crippen molar-refractivity contribution in [2.45, 2.75) is 13.8 Å². The van der Waals surface area contributed by atoms with Crippen LogP contribution < -0.4 is 5.43 Å². The molecule has 7 nitrogen and oxygen atoms in total. The summed E-state index contributed by atoms with van der Waals surface area (Å²) in [5.74, 6) is -0.679. The first-order valence-electron chi connectivity index (χ1n) is 16.8. The molecular weight excluding hydrogens is 633 g/mol.